The second-order valence-electron chi connectivity index (χ2n) is 9.96. The van der Waals surface area contributed by atoms with Crippen molar-refractivity contribution in [2.45, 2.75) is 89.0 Å². The van der Waals surface area contributed by atoms with Gasteiger partial charge >= 0.3 is 0 Å². The fraction of sp³-hybridized carbons (Fsp3) is 0.467. The van der Waals surface area contributed by atoms with Crippen LogP contribution in [0.2, 0.25) is 36.3 Å². The van der Waals surface area contributed by atoms with Crippen molar-refractivity contribution in [1.29, 1.82) is 0 Å². The summed E-state index contributed by atoms with van der Waals surface area (Å²) in [7, 11) is -3.82. The first kappa shape index (κ1) is 30.3. The summed E-state index contributed by atoms with van der Waals surface area (Å²) < 4.78 is 17.1. The van der Waals surface area contributed by atoms with E-state index < -0.39 is 27.8 Å². The minimum atomic E-state index is -1.91. The Morgan fingerprint density at radius 3 is 0.972 bits per heavy atom. The largest absolute Gasteiger partial charge is 0.401 e. The van der Waals surface area contributed by atoms with Gasteiger partial charge in [0.2, 0.25) is 0 Å². The van der Waals surface area contributed by atoms with Crippen molar-refractivity contribution >= 4 is 61.8 Å². The van der Waals surface area contributed by atoms with Crippen LogP contribution in [0, 0.1) is 7.14 Å². The summed E-state index contributed by atoms with van der Waals surface area (Å²) in [5.41, 5.74) is 1.26. The van der Waals surface area contributed by atoms with E-state index in [0.29, 0.717) is 0 Å². The molecule has 0 fully saturated rings. The first-order valence-electron chi connectivity index (χ1n) is 13.5. The van der Waals surface area contributed by atoms with Gasteiger partial charge in [0.05, 0.1) is 0 Å². The first-order valence-corrected chi connectivity index (χ1v) is 20.7. The van der Waals surface area contributed by atoms with Gasteiger partial charge in [0.15, 0.2) is 16.6 Å². The molecule has 0 unspecified atom stereocenters. The Labute approximate surface area is 248 Å². The number of benzene rings is 2. The minimum Gasteiger partial charge on any atom is -0.401 e. The van der Waals surface area contributed by atoms with Crippen LogP contribution in [-0.4, -0.2) is 16.6 Å². The van der Waals surface area contributed by atoms with Crippen LogP contribution in [0.3, 0.4) is 0 Å². The maximum absolute atomic E-state index is 7.31. The zero-order chi connectivity index (χ0) is 26.5. The molecule has 0 saturated heterocycles. The van der Waals surface area contributed by atoms with E-state index in [9.17, 15) is 0 Å². The molecule has 3 rings (SSSR count). The summed E-state index contributed by atoms with van der Waals surface area (Å²) in [5, 5.41) is 0. The Hall–Kier alpha value is -0.266. The highest BCUT2D eigenvalue weighted by atomic mass is 127. The van der Waals surface area contributed by atoms with Gasteiger partial charge in [0.1, 0.15) is 11.2 Å². The van der Waals surface area contributed by atoms with E-state index in [1.165, 1.54) is 18.3 Å². The number of hydrogen-bond donors (Lipinski definition) is 0. The monoisotopic (exact) mass is 744 g/mol. The molecule has 0 N–H and O–H groups in total. The molecule has 1 aliphatic carbocycles. The molecule has 0 spiro atoms. The molecule has 2 aromatic rings. The summed E-state index contributed by atoms with van der Waals surface area (Å²) in [6.45, 7) is 13.8. The van der Waals surface area contributed by atoms with Gasteiger partial charge in [0.25, 0.3) is 0 Å². The third-order valence-electron chi connectivity index (χ3n) is 8.38. The molecule has 0 bridgehead atoms. The van der Waals surface area contributed by atoms with Crippen molar-refractivity contribution in [3.8, 4) is 0 Å². The second-order valence-corrected chi connectivity index (χ2v) is 21.8. The second kappa shape index (κ2) is 12.7. The molecule has 0 atom stereocenters. The highest BCUT2D eigenvalue weighted by molar-refractivity contribution is 14.1. The van der Waals surface area contributed by atoms with E-state index >= 15 is 0 Å². The molecule has 0 aromatic heterocycles. The molecule has 0 radical (unpaired) electrons. The third kappa shape index (κ3) is 6.30. The molecule has 0 heterocycles. The lowest BCUT2D eigenvalue weighted by atomic mass is 9.82. The third-order valence-corrected chi connectivity index (χ3v) is 19.1. The molecule has 2 aromatic carbocycles. The molecule has 2 nitrogen and oxygen atoms in total. The normalized spacial score (nSPS) is 22.2. The van der Waals surface area contributed by atoms with E-state index in [1.54, 1.807) is 0 Å². The summed E-state index contributed by atoms with van der Waals surface area (Å²) in [5.74, 6) is 0. The molecule has 0 aliphatic heterocycles. The molecule has 196 valence electrons. The number of rotatable bonds is 12. The molecule has 36 heavy (non-hydrogen) atoms. The molecule has 6 heteroatoms. The van der Waals surface area contributed by atoms with Gasteiger partial charge in [-0.2, -0.15) is 0 Å². The average Bonchev–Trinajstić information content (AvgIpc) is 2.92. The van der Waals surface area contributed by atoms with Crippen LogP contribution >= 0.6 is 45.2 Å². The maximum Gasteiger partial charge on any atom is 0.194 e. The van der Waals surface area contributed by atoms with E-state index in [4.69, 9.17) is 8.85 Å². The number of hydrogen-bond acceptors (Lipinski definition) is 2. The Balaban J connectivity index is 2.18. The Bertz CT molecular complexity index is 926. The lowest BCUT2D eigenvalue weighted by Crippen LogP contribution is -2.48. The van der Waals surface area contributed by atoms with E-state index in [0.717, 1.165) is 36.3 Å². The smallest absolute Gasteiger partial charge is 0.194 e. The standard InChI is InChI=1S/C30H42I2O2Si2/c1-7-35(8-2,9-3)33-29(25-13-17-27(31)18-14-25)21-23-30(24-22-29,26-15-19-28(32)20-16-26)34-36(10-4,11-5)12-6/h13-24H,7-12H2,1-6H3. The van der Waals surface area contributed by atoms with Gasteiger partial charge in [-0.25, -0.2) is 0 Å². The molecular formula is C30H42I2O2Si2. The van der Waals surface area contributed by atoms with Crippen LogP contribution in [0.4, 0.5) is 0 Å². The van der Waals surface area contributed by atoms with Crippen LogP contribution in [0.1, 0.15) is 52.7 Å². The van der Waals surface area contributed by atoms with Gasteiger partial charge in [-0.3, -0.25) is 0 Å². The van der Waals surface area contributed by atoms with E-state index in [1.807, 2.05) is 0 Å². The lowest BCUT2D eigenvalue weighted by Gasteiger charge is -2.45. The summed E-state index contributed by atoms with van der Waals surface area (Å²) >= 11 is 4.76. The minimum absolute atomic E-state index is 0.566. The predicted octanol–water partition coefficient (Wildman–Crippen LogP) is 10.2. The highest BCUT2D eigenvalue weighted by Crippen LogP contribution is 2.45. The van der Waals surface area contributed by atoms with E-state index in [2.05, 4.69) is 160 Å². The van der Waals surface area contributed by atoms with Crippen molar-refractivity contribution in [2.75, 3.05) is 0 Å². The highest BCUT2D eigenvalue weighted by Gasteiger charge is 2.45. The van der Waals surface area contributed by atoms with Crippen LogP contribution < -0.4 is 0 Å². The zero-order valence-electron chi connectivity index (χ0n) is 22.7. The molecule has 0 saturated carbocycles. The van der Waals surface area contributed by atoms with Crippen molar-refractivity contribution in [3.05, 3.63) is 91.1 Å². The van der Waals surface area contributed by atoms with Crippen molar-refractivity contribution in [2.24, 2.45) is 0 Å². The first-order chi connectivity index (χ1) is 17.2. The Kier molecular flexibility index (Phi) is 10.7. The Morgan fingerprint density at radius 1 is 0.500 bits per heavy atom. The van der Waals surface area contributed by atoms with Gasteiger partial charge in [-0.05, 0) is 141 Å². The Morgan fingerprint density at radius 2 is 0.750 bits per heavy atom. The van der Waals surface area contributed by atoms with Gasteiger partial charge < -0.3 is 8.85 Å². The quantitative estimate of drug-likeness (QED) is 0.122. The van der Waals surface area contributed by atoms with Gasteiger partial charge in [-0.15, -0.1) is 0 Å². The van der Waals surface area contributed by atoms with Crippen LogP contribution in [0.5, 0.6) is 0 Å². The van der Waals surface area contributed by atoms with E-state index in [-0.39, 0.29) is 0 Å². The fourth-order valence-electron chi connectivity index (χ4n) is 5.32. The lowest BCUT2D eigenvalue weighted by molar-refractivity contribution is 0.121. The summed E-state index contributed by atoms with van der Waals surface area (Å²) in [6.07, 6.45) is 9.26. The predicted molar refractivity (Wildman–Crippen MR) is 177 cm³/mol. The number of halogens is 2. The van der Waals surface area contributed by atoms with Crippen molar-refractivity contribution in [1.82, 2.24) is 0 Å². The van der Waals surface area contributed by atoms with Crippen molar-refractivity contribution < 1.29 is 8.85 Å². The SMILES string of the molecule is CC[Si](CC)(CC)OC1(c2ccc(I)cc2)C=CC(O[Si](CC)(CC)CC)(c2ccc(I)cc2)C=C1. The summed E-state index contributed by atoms with van der Waals surface area (Å²) in [6, 6.07) is 24.4. The molecule has 1 aliphatic rings. The van der Waals surface area contributed by atoms with Crippen LogP contribution in [-0.2, 0) is 20.1 Å². The average molecular weight is 745 g/mol. The van der Waals surface area contributed by atoms with Gasteiger partial charge in [0, 0.05) is 7.14 Å². The summed E-state index contributed by atoms with van der Waals surface area (Å²) in [4.78, 5) is 0. The van der Waals surface area contributed by atoms with Crippen LogP contribution in [0.15, 0.2) is 72.8 Å². The van der Waals surface area contributed by atoms with Crippen molar-refractivity contribution in [3.63, 3.8) is 0 Å². The maximum atomic E-state index is 7.31. The zero-order valence-corrected chi connectivity index (χ0v) is 29.1. The van der Waals surface area contributed by atoms with Gasteiger partial charge in [-0.1, -0.05) is 65.8 Å². The van der Waals surface area contributed by atoms with Crippen LogP contribution in [0.25, 0.3) is 0 Å². The molecule has 0 amide bonds. The fourth-order valence-corrected chi connectivity index (χ4v) is 11.8. The topological polar surface area (TPSA) is 18.5 Å². The molecular weight excluding hydrogens is 702 g/mol.